The van der Waals surface area contributed by atoms with Crippen LogP contribution in [0.3, 0.4) is 0 Å². The highest BCUT2D eigenvalue weighted by atomic mass is 32.2. The van der Waals surface area contributed by atoms with Gasteiger partial charge in [0.1, 0.15) is 0 Å². The normalized spacial score (nSPS) is 22.2. The molecule has 6 nitrogen and oxygen atoms in total. The number of rotatable bonds is 4. The van der Waals surface area contributed by atoms with Crippen LogP contribution in [0.15, 0.2) is 18.2 Å². The van der Waals surface area contributed by atoms with Crippen molar-refractivity contribution in [2.24, 2.45) is 0 Å². The second-order valence-corrected chi connectivity index (χ2v) is 7.55. The molecule has 0 aromatic heterocycles. The number of amides is 1. The molecular weight excluding hydrogens is 294 g/mol. The van der Waals surface area contributed by atoms with Gasteiger partial charge in [-0.2, -0.15) is 0 Å². The van der Waals surface area contributed by atoms with E-state index in [1.54, 1.807) is 0 Å². The predicted octanol–water partition coefficient (Wildman–Crippen LogP) is 0.651. The van der Waals surface area contributed by atoms with Crippen LogP contribution >= 0.6 is 0 Å². The average Bonchev–Trinajstić information content (AvgIpc) is 3.03. The fraction of sp³-hybridized carbons (Fsp3) is 0.500. The summed E-state index contributed by atoms with van der Waals surface area (Å²) in [5.74, 6) is 1.49. The smallest absolute Gasteiger partial charge is 0.231 e. The van der Waals surface area contributed by atoms with Gasteiger partial charge in [-0.15, -0.1) is 0 Å². The van der Waals surface area contributed by atoms with E-state index in [1.807, 2.05) is 18.2 Å². The number of carbonyl (C=O) groups is 1. The van der Waals surface area contributed by atoms with Crippen molar-refractivity contribution in [3.63, 3.8) is 0 Å². The van der Waals surface area contributed by atoms with Crippen molar-refractivity contribution in [3.05, 3.63) is 23.8 Å². The highest BCUT2D eigenvalue weighted by Crippen LogP contribution is 2.35. The Balaban J connectivity index is 1.54. The zero-order valence-electron chi connectivity index (χ0n) is 11.5. The van der Waals surface area contributed by atoms with Crippen molar-refractivity contribution in [1.82, 2.24) is 5.32 Å². The molecule has 1 unspecified atom stereocenters. The number of nitrogens with one attached hydrogen (secondary N) is 1. The van der Waals surface area contributed by atoms with Gasteiger partial charge in [0.15, 0.2) is 21.3 Å². The summed E-state index contributed by atoms with van der Waals surface area (Å²) >= 11 is 0. The van der Waals surface area contributed by atoms with Crippen LogP contribution in [0.2, 0.25) is 0 Å². The van der Waals surface area contributed by atoms with Gasteiger partial charge in [-0.05, 0) is 24.5 Å². The van der Waals surface area contributed by atoms with E-state index in [4.69, 9.17) is 9.47 Å². The number of ether oxygens (including phenoxy) is 2. The van der Waals surface area contributed by atoms with Gasteiger partial charge >= 0.3 is 0 Å². The van der Waals surface area contributed by atoms with Crippen LogP contribution in [0.1, 0.15) is 18.4 Å². The van der Waals surface area contributed by atoms with Crippen molar-refractivity contribution >= 4 is 15.7 Å². The Morgan fingerprint density at radius 1 is 1.33 bits per heavy atom. The van der Waals surface area contributed by atoms with Crippen molar-refractivity contribution in [1.29, 1.82) is 0 Å². The Bertz CT molecular complexity index is 655. The van der Waals surface area contributed by atoms with Gasteiger partial charge in [-0.25, -0.2) is 8.42 Å². The first-order valence-electron chi connectivity index (χ1n) is 6.91. The van der Waals surface area contributed by atoms with Gasteiger partial charge in [0, 0.05) is 12.5 Å². The maximum absolute atomic E-state index is 11.9. The fourth-order valence-electron chi connectivity index (χ4n) is 2.64. The topological polar surface area (TPSA) is 81.7 Å². The van der Waals surface area contributed by atoms with Crippen LogP contribution < -0.4 is 14.8 Å². The molecule has 0 bridgehead atoms. The first-order valence-corrected chi connectivity index (χ1v) is 8.73. The maximum Gasteiger partial charge on any atom is 0.231 e. The van der Waals surface area contributed by atoms with Crippen LogP contribution in [-0.2, 0) is 21.1 Å². The van der Waals surface area contributed by atoms with E-state index in [9.17, 15) is 13.2 Å². The van der Waals surface area contributed by atoms with E-state index in [0.29, 0.717) is 30.8 Å². The Hall–Kier alpha value is -1.76. The zero-order chi connectivity index (χ0) is 14.9. The van der Waals surface area contributed by atoms with E-state index in [2.05, 4.69) is 5.32 Å². The number of sulfone groups is 1. The molecule has 2 aliphatic heterocycles. The van der Waals surface area contributed by atoms with Gasteiger partial charge in [-0.3, -0.25) is 4.79 Å². The SMILES string of the molecule is O=C(CCc1cccc2c1OCO2)NC1CCS(=O)(=O)C1. The van der Waals surface area contributed by atoms with Crippen LogP contribution in [0.25, 0.3) is 0 Å². The van der Waals surface area contributed by atoms with E-state index in [1.165, 1.54) is 0 Å². The lowest BCUT2D eigenvalue weighted by molar-refractivity contribution is -0.121. The third-order valence-electron chi connectivity index (χ3n) is 3.70. The molecule has 1 aromatic carbocycles. The Morgan fingerprint density at radius 2 is 2.19 bits per heavy atom. The molecule has 1 aromatic rings. The van der Waals surface area contributed by atoms with Gasteiger partial charge in [0.25, 0.3) is 0 Å². The molecule has 0 aliphatic carbocycles. The van der Waals surface area contributed by atoms with Crippen molar-refractivity contribution in [3.8, 4) is 11.5 Å². The van der Waals surface area contributed by atoms with E-state index >= 15 is 0 Å². The van der Waals surface area contributed by atoms with E-state index in [0.717, 1.165) is 5.56 Å². The minimum Gasteiger partial charge on any atom is -0.454 e. The van der Waals surface area contributed by atoms with Gasteiger partial charge < -0.3 is 14.8 Å². The number of hydrogen-bond acceptors (Lipinski definition) is 5. The molecule has 0 saturated carbocycles. The molecule has 1 atom stereocenters. The van der Waals surface area contributed by atoms with Crippen LogP contribution in [0.4, 0.5) is 0 Å². The second kappa shape index (κ2) is 5.55. The summed E-state index contributed by atoms with van der Waals surface area (Å²) in [4.78, 5) is 11.9. The molecule has 7 heteroatoms. The summed E-state index contributed by atoms with van der Waals surface area (Å²) in [5, 5.41) is 2.78. The van der Waals surface area contributed by atoms with Crippen molar-refractivity contribution < 1.29 is 22.7 Å². The minimum absolute atomic E-state index is 0.0520. The highest BCUT2D eigenvalue weighted by molar-refractivity contribution is 7.91. The molecule has 1 amide bonds. The van der Waals surface area contributed by atoms with Gasteiger partial charge in [0.2, 0.25) is 12.7 Å². The van der Waals surface area contributed by atoms with E-state index < -0.39 is 9.84 Å². The number of hydrogen-bond donors (Lipinski definition) is 1. The van der Waals surface area contributed by atoms with Crippen LogP contribution in [-0.4, -0.2) is 38.7 Å². The monoisotopic (exact) mass is 311 g/mol. The van der Waals surface area contributed by atoms with E-state index in [-0.39, 0.29) is 30.2 Å². The summed E-state index contributed by atoms with van der Waals surface area (Å²) in [5.41, 5.74) is 0.930. The number of carbonyl (C=O) groups excluding carboxylic acids is 1. The standard InChI is InChI=1S/C14H17NO5S/c16-13(15-11-6-7-21(17,18)8-11)5-4-10-2-1-3-12-14(10)20-9-19-12/h1-3,11H,4-9H2,(H,15,16). The largest absolute Gasteiger partial charge is 0.454 e. The van der Waals surface area contributed by atoms with Crippen molar-refractivity contribution in [2.75, 3.05) is 18.3 Å². The highest BCUT2D eigenvalue weighted by Gasteiger charge is 2.28. The molecule has 1 N–H and O–H groups in total. The molecule has 1 fully saturated rings. The van der Waals surface area contributed by atoms with Crippen molar-refractivity contribution in [2.45, 2.75) is 25.3 Å². The predicted molar refractivity (Wildman–Crippen MR) is 76.1 cm³/mol. The summed E-state index contributed by atoms with van der Waals surface area (Å²) in [6.45, 7) is 0.207. The molecule has 3 rings (SSSR count). The molecule has 114 valence electrons. The van der Waals surface area contributed by atoms with Gasteiger partial charge in [0.05, 0.1) is 11.5 Å². The number of para-hydroxylation sites is 1. The quantitative estimate of drug-likeness (QED) is 0.883. The lowest BCUT2D eigenvalue weighted by atomic mass is 10.1. The molecule has 0 radical (unpaired) electrons. The summed E-state index contributed by atoms with van der Waals surface area (Å²) < 4.78 is 33.4. The summed E-state index contributed by atoms with van der Waals surface area (Å²) in [6, 6.07) is 5.35. The molecule has 21 heavy (non-hydrogen) atoms. The summed E-state index contributed by atoms with van der Waals surface area (Å²) in [6.07, 6.45) is 1.35. The first kappa shape index (κ1) is 14.2. The summed E-state index contributed by atoms with van der Waals surface area (Å²) in [7, 11) is -2.97. The Kier molecular flexibility index (Phi) is 3.75. The third-order valence-corrected chi connectivity index (χ3v) is 5.47. The molecule has 2 heterocycles. The van der Waals surface area contributed by atoms with Crippen LogP contribution in [0, 0.1) is 0 Å². The molecule has 0 spiro atoms. The third kappa shape index (κ3) is 3.29. The lowest BCUT2D eigenvalue weighted by Gasteiger charge is -2.11. The Labute approximate surface area is 123 Å². The average molecular weight is 311 g/mol. The van der Waals surface area contributed by atoms with Gasteiger partial charge in [-0.1, -0.05) is 12.1 Å². The van der Waals surface area contributed by atoms with Crippen LogP contribution in [0.5, 0.6) is 11.5 Å². The molecule has 2 aliphatic rings. The fourth-order valence-corrected chi connectivity index (χ4v) is 4.32. The molecular formula is C14H17NO5S. The second-order valence-electron chi connectivity index (χ2n) is 5.32. The Morgan fingerprint density at radius 3 is 2.95 bits per heavy atom. The first-order chi connectivity index (χ1) is 10.0. The molecule has 1 saturated heterocycles. The zero-order valence-corrected chi connectivity index (χ0v) is 12.3. The number of aryl methyl sites for hydroxylation is 1. The lowest BCUT2D eigenvalue weighted by Crippen LogP contribution is -2.35. The number of fused-ring (bicyclic) bond motifs is 1. The number of benzene rings is 1. The maximum atomic E-state index is 11.9. The minimum atomic E-state index is -2.97.